The van der Waals surface area contributed by atoms with Crippen molar-refractivity contribution in [1.29, 1.82) is 0 Å². The van der Waals surface area contributed by atoms with Crippen molar-refractivity contribution in [2.45, 2.75) is 38.3 Å². The molecule has 0 aromatic rings. The van der Waals surface area contributed by atoms with Gasteiger partial charge in [0.25, 0.3) is 0 Å². The Labute approximate surface area is 121 Å². The second-order valence-electron chi connectivity index (χ2n) is 5.64. The van der Waals surface area contributed by atoms with Gasteiger partial charge in [0, 0.05) is 31.6 Å². The predicted molar refractivity (Wildman–Crippen MR) is 77.0 cm³/mol. The molecule has 20 heavy (non-hydrogen) atoms. The van der Waals surface area contributed by atoms with Gasteiger partial charge in [0.05, 0.1) is 25.1 Å². The van der Waals surface area contributed by atoms with E-state index in [1.54, 1.807) is 6.92 Å². The Morgan fingerprint density at radius 1 is 1.40 bits per heavy atom. The molecular weight excluding hydrogens is 280 g/mol. The third-order valence-corrected chi connectivity index (χ3v) is 5.81. The zero-order valence-electron chi connectivity index (χ0n) is 12.1. The van der Waals surface area contributed by atoms with Crippen LogP contribution >= 0.6 is 0 Å². The van der Waals surface area contributed by atoms with Crippen molar-refractivity contribution in [3.63, 3.8) is 0 Å². The smallest absolute Gasteiger partial charge is 0.211 e. The number of morpholine rings is 1. The van der Waals surface area contributed by atoms with Gasteiger partial charge < -0.3 is 9.84 Å². The van der Waals surface area contributed by atoms with E-state index < -0.39 is 10.0 Å². The van der Waals surface area contributed by atoms with E-state index in [0.717, 1.165) is 25.8 Å². The maximum atomic E-state index is 11.4. The highest BCUT2D eigenvalue weighted by atomic mass is 32.2. The first kappa shape index (κ1) is 16.2. The molecule has 1 saturated heterocycles. The maximum Gasteiger partial charge on any atom is 0.211 e. The molecule has 0 unspecified atom stereocenters. The number of rotatable bonds is 6. The number of nitrogens with zero attached hydrogens (tertiary/aromatic N) is 1. The summed E-state index contributed by atoms with van der Waals surface area (Å²) in [6, 6.07) is 0.215. The van der Waals surface area contributed by atoms with Crippen molar-refractivity contribution in [2.75, 3.05) is 38.6 Å². The van der Waals surface area contributed by atoms with Gasteiger partial charge in [-0.1, -0.05) is 6.42 Å². The number of hydrogen-bond donors (Lipinski definition) is 2. The first-order valence-corrected chi connectivity index (χ1v) is 9.16. The van der Waals surface area contributed by atoms with Gasteiger partial charge >= 0.3 is 0 Å². The zero-order valence-corrected chi connectivity index (χ0v) is 12.9. The van der Waals surface area contributed by atoms with Crippen LogP contribution in [0, 0.1) is 5.92 Å². The number of aliphatic hydroxyl groups is 1. The summed E-state index contributed by atoms with van der Waals surface area (Å²) in [7, 11) is -3.12. The van der Waals surface area contributed by atoms with Gasteiger partial charge in [-0.3, -0.25) is 4.90 Å². The van der Waals surface area contributed by atoms with Crippen molar-refractivity contribution in [3.05, 3.63) is 0 Å². The summed E-state index contributed by atoms with van der Waals surface area (Å²) in [5, 5.41) is 10.1. The number of aliphatic hydroxyl groups excluding tert-OH is 1. The van der Waals surface area contributed by atoms with E-state index in [2.05, 4.69) is 9.62 Å². The van der Waals surface area contributed by atoms with Crippen LogP contribution in [0.2, 0.25) is 0 Å². The van der Waals surface area contributed by atoms with Crippen LogP contribution in [0.3, 0.4) is 0 Å². The molecule has 118 valence electrons. The van der Waals surface area contributed by atoms with Gasteiger partial charge in [0.1, 0.15) is 0 Å². The molecule has 0 aromatic heterocycles. The average Bonchev–Trinajstić information content (AvgIpc) is 2.85. The Bertz CT molecular complexity index is 401. The molecular formula is C13H26N2O4S. The van der Waals surface area contributed by atoms with Crippen LogP contribution in [0.25, 0.3) is 0 Å². The monoisotopic (exact) mass is 306 g/mol. The molecule has 0 aromatic carbocycles. The number of nitrogens with one attached hydrogen (secondary N) is 1. The minimum Gasteiger partial charge on any atom is -0.393 e. The summed E-state index contributed by atoms with van der Waals surface area (Å²) in [6.45, 7) is 4.87. The fraction of sp³-hybridized carbons (Fsp3) is 1.00. The van der Waals surface area contributed by atoms with Crippen molar-refractivity contribution in [2.24, 2.45) is 5.92 Å². The van der Waals surface area contributed by atoms with Crippen LogP contribution in [0.1, 0.15) is 26.2 Å². The van der Waals surface area contributed by atoms with E-state index in [4.69, 9.17) is 4.74 Å². The first-order chi connectivity index (χ1) is 9.53. The topological polar surface area (TPSA) is 78.9 Å². The third-order valence-electron chi connectivity index (χ3n) is 4.41. The lowest BCUT2D eigenvalue weighted by molar-refractivity contribution is -0.0488. The second-order valence-corrected chi connectivity index (χ2v) is 7.73. The summed E-state index contributed by atoms with van der Waals surface area (Å²) in [5.74, 6) is 0.374. The highest BCUT2D eigenvalue weighted by Crippen LogP contribution is 2.31. The van der Waals surface area contributed by atoms with Crippen LogP contribution in [-0.2, 0) is 14.8 Å². The van der Waals surface area contributed by atoms with E-state index >= 15 is 0 Å². The lowest BCUT2D eigenvalue weighted by Crippen LogP contribution is -2.53. The molecule has 2 N–H and O–H groups in total. The van der Waals surface area contributed by atoms with E-state index in [1.165, 1.54) is 0 Å². The van der Waals surface area contributed by atoms with Gasteiger partial charge in [0.15, 0.2) is 0 Å². The molecule has 0 spiro atoms. The van der Waals surface area contributed by atoms with Crippen LogP contribution < -0.4 is 4.72 Å². The molecule has 0 radical (unpaired) electrons. The lowest BCUT2D eigenvalue weighted by Gasteiger charge is -2.40. The SMILES string of the molecule is CCS(=O)(=O)NCCN1CCOC[C@@H]1[C@H]1CCC[C@H]1O. The van der Waals surface area contributed by atoms with Crippen LogP contribution in [0.5, 0.6) is 0 Å². The number of sulfonamides is 1. The predicted octanol–water partition coefficient (Wildman–Crippen LogP) is -0.212. The van der Waals surface area contributed by atoms with E-state index in [-0.39, 0.29) is 23.8 Å². The zero-order chi connectivity index (χ0) is 14.6. The van der Waals surface area contributed by atoms with Crippen molar-refractivity contribution in [1.82, 2.24) is 9.62 Å². The Balaban J connectivity index is 1.87. The quantitative estimate of drug-likeness (QED) is 0.710. The molecule has 2 rings (SSSR count). The molecule has 6 nitrogen and oxygen atoms in total. The van der Waals surface area contributed by atoms with Crippen LogP contribution in [-0.4, -0.2) is 69.2 Å². The summed E-state index contributed by atoms with van der Waals surface area (Å²) in [5.41, 5.74) is 0. The molecule has 0 bridgehead atoms. The van der Waals surface area contributed by atoms with Crippen molar-refractivity contribution < 1.29 is 18.3 Å². The highest BCUT2D eigenvalue weighted by Gasteiger charge is 2.37. The number of ether oxygens (including phenoxy) is 1. The molecule has 1 saturated carbocycles. The summed E-state index contributed by atoms with van der Waals surface area (Å²) in [4.78, 5) is 2.26. The number of hydrogen-bond acceptors (Lipinski definition) is 5. The van der Waals surface area contributed by atoms with Gasteiger partial charge in [-0.2, -0.15) is 0 Å². The van der Waals surface area contributed by atoms with Crippen molar-refractivity contribution in [3.8, 4) is 0 Å². The standard InChI is InChI=1S/C13H26N2O4S/c1-2-20(17,18)14-6-7-15-8-9-19-10-12(15)11-4-3-5-13(11)16/h11-14,16H,2-10H2,1H3/t11-,12-,13-/m1/s1. The largest absolute Gasteiger partial charge is 0.393 e. The average molecular weight is 306 g/mol. The molecule has 7 heteroatoms. The first-order valence-electron chi connectivity index (χ1n) is 7.50. The van der Waals surface area contributed by atoms with E-state index in [0.29, 0.717) is 26.3 Å². The minimum atomic E-state index is -3.12. The molecule has 1 heterocycles. The molecule has 2 aliphatic rings. The molecule has 2 fully saturated rings. The minimum absolute atomic E-state index is 0.112. The lowest BCUT2D eigenvalue weighted by atomic mass is 9.94. The van der Waals surface area contributed by atoms with Crippen LogP contribution in [0.4, 0.5) is 0 Å². The fourth-order valence-electron chi connectivity index (χ4n) is 3.19. The highest BCUT2D eigenvalue weighted by molar-refractivity contribution is 7.89. The Kier molecular flexibility index (Phi) is 5.80. The van der Waals surface area contributed by atoms with E-state index in [9.17, 15) is 13.5 Å². The normalized spacial score (nSPS) is 32.6. The second kappa shape index (κ2) is 7.17. The molecule has 0 amide bonds. The summed E-state index contributed by atoms with van der Waals surface area (Å²) < 4.78 is 31.0. The molecule has 1 aliphatic heterocycles. The van der Waals surface area contributed by atoms with E-state index in [1.807, 2.05) is 0 Å². The maximum absolute atomic E-state index is 11.4. The Morgan fingerprint density at radius 2 is 2.20 bits per heavy atom. The third kappa shape index (κ3) is 4.14. The van der Waals surface area contributed by atoms with Gasteiger partial charge in [0.2, 0.25) is 10.0 Å². The molecule has 1 aliphatic carbocycles. The Hall–Kier alpha value is -0.210. The van der Waals surface area contributed by atoms with Gasteiger partial charge in [-0.05, 0) is 19.8 Å². The van der Waals surface area contributed by atoms with Crippen LogP contribution in [0.15, 0.2) is 0 Å². The summed E-state index contributed by atoms with van der Waals surface area (Å²) >= 11 is 0. The summed E-state index contributed by atoms with van der Waals surface area (Å²) in [6.07, 6.45) is 2.74. The van der Waals surface area contributed by atoms with Gasteiger partial charge in [-0.15, -0.1) is 0 Å². The van der Waals surface area contributed by atoms with Gasteiger partial charge in [-0.25, -0.2) is 13.1 Å². The molecule has 3 atom stereocenters. The fourth-order valence-corrected chi connectivity index (χ4v) is 3.80. The Morgan fingerprint density at radius 3 is 2.85 bits per heavy atom. The van der Waals surface area contributed by atoms with Crippen molar-refractivity contribution >= 4 is 10.0 Å².